The molecule has 1 aliphatic heterocycles. The Bertz CT molecular complexity index is 890. The first-order valence-electron chi connectivity index (χ1n) is 10.2. The third-order valence-electron chi connectivity index (χ3n) is 5.02. The number of nitrogens with one attached hydrogen (secondary N) is 3. The van der Waals surface area contributed by atoms with Crippen molar-refractivity contribution in [2.24, 2.45) is 0 Å². The van der Waals surface area contributed by atoms with Crippen LogP contribution >= 0.6 is 0 Å². The standard InChI is InChI=1S/C23H27N3O4/c1-2-16-9-11-17(12-10-16)14-24-21(27)19-7-3-4-8-20(19)26-23(29)22(28)25-15-18-6-5-13-30-18/h3-4,7-12,18H,2,5-6,13-15H2,1H3,(H,24,27)(H,25,28)(H,26,29)/t18-/m0/s1. The maximum Gasteiger partial charge on any atom is 0.313 e. The predicted octanol–water partition coefficient (Wildman–Crippen LogP) is 2.41. The molecule has 1 atom stereocenters. The molecule has 1 heterocycles. The molecule has 1 saturated heterocycles. The van der Waals surface area contributed by atoms with Gasteiger partial charge in [-0.15, -0.1) is 0 Å². The summed E-state index contributed by atoms with van der Waals surface area (Å²) in [6.07, 6.45) is 2.73. The van der Waals surface area contributed by atoms with Gasteiger partial charge in [0.05, 0.1) is 17.4 Å². The first-order valence-corrected chi connectivity index (χ1v) is 10.2. The van der Waals surface area contributed by atoms with Crippen LogP contribution in [0.3, 0.4) is 0 Å². The van der Waals surface area contributed by atoms with E-state index >= 15 is 0 Å². The second-order valence-electron chi connectivity index (χ2n) is 7.20. The average molecular weight is 409 g/mol. The first kappa shape index (κ1) is 21.5. The second-order valence-corrected chi connectivity index (χ2v) is 7.20. The van der Waals surface area contributed by atoms with Crippen LogP contribution in [0.4, 0.5) is 5.69 Å². The molecule has 3 N–H and O–H groups in total. The van der Waals surface area contributed by atoms with Crippen LogP contribution in [0.2, 0.25) is 0 Å². The number of benzene rings is 2. The lowest BCUT2D eigenvalue weighted by Crippen LogP contribution is -2.39. The van der Waals surface area contributed by atoms with Gasteiger partial charge in [-0.25, -0.2) is 0 Å². The normalized spacial score (nSPS) is 15.4. The third-order valence-corrected chi connectivity index (χ3v) is 5.02. The van der Waals surface area contributed by atoms with Gasteiger partial charge in [-0.3, -0.25) is 14.4 Å². The maximum atomic E-state index is 12.6. The zero-order chi connectivity index (χ0) is 21.3. The lowest BCUT2D eigenvalue weighted by Gasteiger charge is -2.13. The van der Waals surface area contributed by atoms with Gasteiger partial charge in [0.15, 0.2) is 0 Å². The summed E-state index contributed by atoms with van der Waals surface area (Å²) < 4.78 is 5.43. The van der Waals surface area contributed by atoms with Gasteiger partial charge in [-0.05, 0) is 42.5 Å². The maximum absolute atomic E-state index is 12.6. The van der Waals surface area contributed by atoms with Crippen LogP contribution < -0.4 is 16.0 Å². The molecular formula is C23H27N3O4. The fourth-order valence-electron chi connectivity index (χ4n) is 3.23. The van der Waals surface area contributed by atoms with E-state index in [0.29, 0.717) is 25.3 Å². The number of amides is 3. The highest BCUT2D eigenvalue weighted by molar-refractivity contribution is 6.40. The Morgan fingerprint density at radius 3 is 2.40 bits per heavy atom. The van der Waals surface area contributed by atoms with Crippen molar-refractivity contribution >= 4 is 23.4 Å². The lowest BCUT2D eigenvalue weighted by molar-refractivity contribution is -0.136. The van der Waals surface area contributed by atoms with Crippen molar-refractivity contribution in [1.82, 2.24) is 10.6 Å². The summed E-state index contributed by atoms with van der Waals surface area (Å²) in [7, 11) is 0. The van der Waals surface area contributed by atoms with E-state index in [4.69, 9.17) is 4.74 Å². The molecule has 3 amide bonds. The summed E-state index contributed by atoms with van der Waals surface area (Å²) in [5.41, 5.74) is 2.79. The lowest BCUT2D eigenvalue weighted by atomic mass is 10.1. The van der Waals surface area contributed by atoms with Gasteiger partial charge >= 0.3 is 11.8 Å². The molecule has 3 rings (SSSR count). The average Bonchev–Trinajstić information content (AvgIpc) is 3.30. The Labute approximate surface area is 176 Å². The highest BCUT2D eigenvalue weighted by atomic mass is 16.5. The van der Waals surface area contributed by atoms with Crippen LogP contribution in [-0.4, -0.2) is 37.0 Å². The minimum Gasteiger partial charge on any atom is -0.376 e. The molecule has 2 aromatic rings. The summed E-state index contributed by atoms with van der Waals surface area (Å²) in [5, 5.41) is 7.95. The largest absolute Gasteiger partial charge is 0.376 e. The minimum absolute atomic E-state index is 0.0498. The molecule has 30 heavy (non-hydrogen) atoms. The molecule has 1 fully saturated rings. The van der Waals surface area contributed by atoms with Crippen molar-refractivity contribution < 1.29 is 19.1 Å². The molecule has 0 unspecified atom stereocenters. The first-order chi connectivity index (χ1) is 14.6. The Morgan fingerprint density at radius 1 is 0.967 bits per heavy atom. The van der Waals surface area contributed by atoms with E-state index in [1.807, 2.05) is 24.3 Å². The number of anilines is 1. The van der Waals surface area contributed by atoms with Crippen molar-refractivity contribution in [2.45, 2.75) is 38.8 Å². The predicted molar refractivity (Wildman–Crippen MR) is 114 cm³/mol. The van der Waals surface area contributed by atoms with Crippen LogP contribution in [0.5, 0.6) is 0 Å². The molecule has 0 aliphatic carbocycles. The van der Waals surface area contributed by atoms with Crippen LogP contribution in [0.25, 0.3) is 0 Å². The van der Waals surface area contributed by atoms with E-state index in [2.05, 4.69) is 22.9 Å². The summed E-state index contributed by atoms with van der Waals surface area (Å²) in [6, 6.07) is 14.6. The molecule has 1 aliphatic rings. The van der Waals surface area contributed by atoms with E-state index in [-0.39, 0.29) is 17.7 Å². The molecule has 0 spiro atoms. The molecule has 158 valence electrons. The second kappa shape index (κ2) is 10.5. The number of ether oxygens (including phenoxy) is 1. The number of para-hydroxylation sites is 1. The molecule has 7 heteroatoms. The highest BCUT2D eigenvalue weighted by Crippen LogP contribution is 2.16. The SMILES string of the molecule is CCc1ccc(CNC(=O)c2ccccc2NC(=O)C(=O)NC[C@@H]2CCCO2)cc1. The number of carbonyl (C=O) groups is 3. The minimum atomic E-state index is -0.816. The quantitative estimate of drug-likeness (QED) is 0.612. The van der Waals surface area contributed by atoms with Gasteiger partial charge < -0.3 is 20.7 Å². The number of carbonyl (C=O) groups excluding carboxylic acids is 3. The summed E-state index contributed by atoms with van der Waals surface area (Å²) in [5.74, 6) is -1.90. The van der Waals surface area contributed by atoms with E-state index < -0.39 is 11.8 Å². The van der Waals surface area contributed by atoms with Crippen molar-refractivity contribution in [3.05, 3.63) is 65.2 Å². The van der Waals surface area contributed by atoms with E-state index in [1.54, 1.807) is 24.3 Å². The van der Waals surface area contributed by atoms with Crippen molar-refractivity contribution in [3.63, 3.8) is 0 Å². The third kappa shape index (κ3) is 5.90. The monoisotopic (exact) mass is 409 g/mol. The number of aryl methyl sites for hydroxylation is 1. The molecule has 0 aromatic heterocycles. The van der Waals surface area contributed by atoms with Crippen LogP contribution in [-0.2, 0) is 27.3 Å². The highest BCUT2D eigenvalue weighted by Gasteiger charge is 2.21. The Balaban J connectivity index is 1.56. The molecule has 0 bridgehead atoms. The van der Waals surface area contributed by atoms with Crippen LogP contribution in [0.1, 0.15) is 41.3 Å². The van der Waals surface area contributed by atoms with Crippen LogP contribution in [0.15, 0.2) is 48.5 Å². The number of hydrogen-bond donors (Lipinski definition) is 3. The molecule has 0 saturated carbocycles. The molecular weight excluding hydrogens is 382 g/mol. The van der Waals surface area contributed by atoms with Gasteiger partial charge in [-0.2, -0.15) is 0 Å². The van der Waals surface area contributed by atoms with Gasteiger partial charge in [-0.1, -0.05) is 43.3 Å². The number of hydrogen-bond acceptors (Lipinski definition) is 4. The topological polar surface area (TPSA) is 96.5 Å². The zero-order valence-corrected chi connectivity index (χ0v) is 17.1. The summed E-state index contributed by atoms with van der Waals surface area (Å²) in [6.45, 7) is 3.43. The van der Waals surface area contributed by atoms with Crippen molar-refractivity contribution in [1.29, 1.82) is 0 Å². The fourth-order valence-corrected chi connectivity index (χ4v) is 3.23. The Morgan fingerprint density at radius 2 is 1.70 bits per heavy atom. The summed E-state index contributed by atoms with van der Waals surface area (Å²) in [4.78, 5) is 36.9. The van der Waals surface area contributed by atoms with Crippen LogP contribution in [0, 0.1) is 0 Å². The fraction of sp³-hybridized carbons (Fsp3) is 0.348. The van der Waals surface area contributed by atoms with Gasteiger partial charge in [0.25, 0.3) is 5.91 Å². The van der Waals surface area contributed by atoms with E-state index in [0.717, 1.165) is 24.8 Å². The smallest absolute Gasteiger partial charge is 0.313 e. The van der Waals surface area contributed by atoms with E-state index in [9.17, 15) is 14.4 Å². The van der Waals surface area contributed by atoms with Gasteiger partial charge in [0.1, 0.15) is 0 Å². The van der Waals surface area contributed by atoms with Crippen molar-refractivity contribution in [3.8, 4) is 0 Å². The Kier molecular flexibility index (Phi) is 7.57. The molecule has 0 radical (unpaired) electrons. The van der Waals surface area contributed by atoms with Gasteiger partial charge in [0.2, 0.25) is 0 Å². The zero-order valence-electron chi connectivity index (χ0n) is 17.1. The number of rotatable bonds is 7. The summed E-state index contributed by atoms with van der Waals surface area (Å²) >= 11 is 0. The molecule has 7 nitrogen and oxygen atoms in total. The van der Waals surface area contributed by atoms with E-state index in [1.165, 1.54) is 5.56 Å². The molecule has 2 aromatic carbocycles. The van der Waals surface area contributed by atoms with Gasteiger partial charge in [0, 0.05) is 19.7 Å². The Hall–Kier alpha value is -3.19. The van der Waals surface area contributed by atoms with Crippen molar-refractivity contribution in [2.75, 3.05) is 18.5 Å².